The zero-order chi connectivity index (χ0) is 22.2. The maximum Gasteiger partial charge on any atom is 0.127 e. The molecular weight excluding hydrogens is 400 g/mol. The lowest BCUT2D eigenvalue weighted by Crippen LogP contribution is -2.33. The molecule has 5 nitrogen and oxygen atoms in total. The van der Waals surface area contributed by atoms with E-state index in [-0.39, 0.29) is 6.04 Å². The molecule has 0 radical (unpaired) electrons. The van der Waals surface area contributed by atoms with Crippen molar-refractivity contribution in [1.29, 1.82) is 0 Å². The number of nitrogens with zero attached hydrogens (tertiary/aromatic N) is 1. The van der Waals surface area contributed by atoms with Crippen LogP contribution in [-0.4, -0.2) is 45.3 Å². The van der Waals surface area contributed by atoms with Crippen molar-refractivity contribution in [2.24, 2.45) is 0 Å². The smallest absolute Gasteiger partial charge is 0.127 e. The highest BCUT2D eigenvalue weighted by Crippen LogP contribution is 2.43. The summed E-state index contributed by atoms with van der Waals surface area (Å²) >= 11 is 0. The van der Waals surface area contributed by atoms with Crippen molar-refractivity contribution in [3.63, 3.8) is 0 Å². The van der Waals surface area contributed by atoms with Crippen LogP contribution in [0.4, 0.5) is 0 Å². The van der Waals surface area contributed by atoms with Gasteiger partial charge in [0.1, 0.15) is 23.9 Å². The van der Waals surface area contributed by atoms with Gasteiger partial charge in [-0.05, 0) is 36.7 Å². The molecule has 4 rings (SSSR count). The van der Waals surface area contributed by atoms with Gasteiger partial charge in [-0.3, -0.25) is 4.90 Å². The molecule has 0 saturated carbocycles. The SMILES string of the molecule is COc1cccc(OC)c1C(c1ccccc1OCc1ccccc1)N1CCCNCC1. The Morgan fingerprint density at radius 3 is 2.22 bits per heavy atom. The molecule has 3 aromatic carbocycles. The number of nitrogens with one attached hydrogen (secondary N) is 1. The highest BCUT2D eigenvalue weighted by atomic mass is 16.5. The van der Waals surface area contributed by atoms with Crippen molar-refractivity contribution in [2.45, 2.75) is 19.1 Å². The van der Waals surface area contributed by atoms with E-state index >= 15 is 0 Å². The van der Waals surface area contributed by atoms with E-state index in [0.717, 1.165) is 66.5 Å². The van der Waals surface area contributed by atoms with Crippen LogP contribution in [0.3, 0.4) is 0 Å². The number of hydrogen-bond donors (Lipinski definition) is 1. The zero-order valence-corrected chi connectivity index (χ0v) is 18.9. The summed E-state index contributed by atoms with van der Waals surface area (Å²) in [7, 11) is 3.44. The average molecular weight is 433 g/mol. The van der Waals surface area contributed by atoms with Gasteiger partial charge < -0.3 is 19.5 Å². The van der Waals surface area contributed by atoms with Crippen LogP contribution in [0.15, 0.2) is 72.8 Å². The van der Waals surface area contributed by atoms with E-state index in [1.807, 2.05) is 42.5 Å². The van der Waals surface area contributed by atoms with Crippen LogP contribution in [0.5, 0.6) is 17.2 Å². The third kappa shape index (κ3) is 5.06. The molecule has 1 N–H and O–H groups in total. The molecule has 1 unspecified atom stereocenters. The van der Waals surface area contributed by atoms with Crippen molar-refractivity contribution >= 4 is 0 Å². The fourth-order valence-electron chi connectivity index (χ4n) is 4.38. The Hall–Kier alpha value is -3.02. The number of ether oxygens (including phenoxy) is 3. The van der Waals surface area contributed by atoms with Crippen molar-refractivity contribution in [3.05, 3.63) is 89.5 Å². The van der Waals surface area contributed by atoms with E-state index in [4.69, 9.17) is 14.2 Å². The van der Waals surface area contributed by atoms with Gasteiger partial charge in [0.25, 0.3) is 0 Å². The molecular formula is C27H32N2O3. The maximum absolute atomic E-state index is 6.37. The lowest BCUT2D eigenvalue weighted by atomic mass is 9.94. The number of benzene rings is 3. The topological polar surface area (TPSA) is 43.0 Å². The summed E-state index contributed by atoms with van der Waals surface area (Å²) in [6, 6.07) is 24.5. The molecule has 5 heteroatoms. The number of hydrogen-bond acceptors (Lipinski definition) is 5. The normalized spacial score (nSPS) is 15.6. The summed E-state index contributed by atoms with van der Waals surface area (Å²) in [5, 5.41) is 3.52. The summed E-state index contributed by atoms with van der Waals surface area (Å²) in [4.78, 5) is 2.51. The fourth-order valence-corrected chi connectivity index (χ4v) is 4.38. The van der Waals surface area contributed by atoms with Gasteiger partial charge in [0.15, 0.2) is 0 Å². The maximum atomic E-state index is 6.37. The Kier molecular flexibility index (Phi) is 7.64. The Bertz CT molecular complexity index is 963. The minimum Gasteiger partial charge on any atom is -0.496 e. The molecule has 1 aliphatic rings. The molecule has 0 spiro atoms. The summed E-state index contributed by atoms with van der Waals surface area (Å²) in [6.07, 6.45) is 1.08. The highest BCUT2D eigenvalue weighted by molar-refractivity contribution is 5.53. The Balaban J connectivity index is 1.78. The predicted molar refractivity (Wildman–Crippen MR) is 128 cm³/mol. The second kappa shape index (κ2) is 11.0. The first-order valence-corrected chi connectivity index (χ1v) is 11.2. The molecule has 1 atom stereocenters. The second-order valence-corrected chi connectivity index (χ2v) is 7.93. The van der Waals surface area contributed by atoms with E-state index in [0.29, 0.717) is 6.61 Å². The van der Waals surface area contributed by atoms with Crippen LogP contribution in [0, 0.1) is 0 Å². The predicted octanol–water partition coefficient (Wildman–Crippen LogP) is 4.67. The molecule has 0 bridgehead atoms. The van der Waals surface area contributed by atoms with Crippen molar-refractivity contribution in [3.8, 4) is 17.2 Å². The molecule has 168 valence electrons. The number of rotatable bonds is 8. The first kappa shape index (κ1) is 22.2. The van der Waals surface area contributed by atoms with E-state index < -0.39 is 0 Å². The molecule has 1 aliphatic heterocycles. The summed E-state index contributed by atoms with van der Waals surface area (Å²) in [5.74, 6) is 2.53. The van der Waals surface area contributed by atoms with Gasteiger partial charge >= 0.3 is 0 Å². The number of methoxy groups -OCH3 is 2. The van der Waals surface area contributed by atoms with Gasteiger partial charge in [-0.15, -0.1) is 0 Å². The van der Waals surface area contributed by atoms with Crippen LogP contribution in [0.2, 0.25) is 0 Å². The largest absolute Gasteiger partial charge is 0.496 e. The molecule has 0 amide bonds. The summed E-state index contributed by atoms with van der Waals surface area (Å²) < 4.78 is 18.0. The Morgan fingerprint density at radius 1 is 0.781 bits per heavy atom. The van der Waals surface area contributed by atoms with E-state index in [2.05, 4.69) is 40.5 Å². The summed E-state index contributed by atoms with van der Waals surface area (Å²) in [5.41, 5.74) is 3.30. The van der Waals surface area contributed by atoms with Gasteiger partial charge in [0.2, 0.25) is 0 Å². The van der Waals surface area contributed by atoms with Crippen molar-refractivity contribution in [1.82, 2.24) is 10.2 Å². The van der Waals surface area contributed by atoms with Gasteiger partial charge in [0, 0.05) is 25.2 Å². The lowest BCUT2D eigenvalue weighted by Gasteiger charge is -2.34. The van der Waals surface area contributed by atoms with E-state index in [9.17, 15) is 0 Å². The molecule has 1 saturated heterocycles. The zero-order valence-electron chi connectivity index (χ0n) is 18.9. The van der Waals surface area contributed by atoms with Crippen LogP contribution in [-0.2, 0) is 6.61 Å². The van der Waals surface area contributed by atoms with Gasteiger partial charge in [0.05, 0.1) is 25.8 Å². The first-order chi connectivity index (χ1) is 15.8. The van der Waals surface area contributed by atoms with Crippen LogP contribution < -0.4 is 19.5 Å². The van der Waals surface area contributed by atoms with Crippen molar-refractivity contribution in [2.75, 3.05) is 40.4 Å². The molecule has 32 heavy (non-hydrogen) atoms. The van der Waals surface area contributed by atoms with E-state index in [1.54, 1.807) is 14.2 Å². The Morgan fingerprint density at radius 2 is 1.47 bits per heavy atom. The van der Waals surface area contributed by atoms with Crippen LogP contribution >= 0.6 is 0 Å². The van der Waals surface area contributed by atoms with Gasteiger partial charge in [-0.1, -0.05) is 54.6 Å². The second-order valence-electron chi connectivity index (χ2n) is 7.93. The fraction of sp³-hybridized carbons (Fsp3) is 0.333. The Labute approximate surface area is 190 Å². The van der Waals surface area contributed by atoms with Crippen LogP contribution in [0.25, 0.3) is 0 Å². The lowest BCUT2D eigenvalue weighted by molar-refractivity contribution is 0.221. The van der Waals surface area contributed by atoms with Crippen molar-refractivity contribution < 1.29 is 14.2 Å². The van der Waals surface area contributed by atoms with Gasteiger partial charge in [-0.2, -0.15) is 0 Å². The third-order valence-corrected chi connectivity index (χ3v) is 5.93. The molecule has 3 aromatic rings. The quantitative estimate of drug-likeness (QED) is 0.560. The van der Waals surface area contributed by atoms with Gasteiger partial charge in [-0.25, -0.2) is 0 Å². The third-order valence-electron chi connectivity index (χ3n) is 5.93. The minimum absolute atomic E-state index is 0.0482. The molecule has 1 fully saturated rings. The number of para-hydroxylation sites is 1. The molecule has 1 heterocycles. The standard InChI is InChI=1S/C27H32N2O3/c1-30-24-14-8-15-25(31-2)26(24)27(29-18-9-16-28-17-19-29)22-12-6-7-13-23(22)32-20-21-10-4-3-5-11-21/h3-8,10-15,27-28H,9,16-20H2,1-2H3. The monoisotopic (exact) mass is 432 g/mol. The first-order valence-electron chi connectivity index (χ1n) is 11.2. The average Bonchev–Trinajstić information content (AvgIpc) is 3.14. The molecule has 0 aliphatic carbocycles. The molecule has 0 aromatic heterocycles. The highest BCUT2D eigenvalue weighted by Gasteiger charge is 2.31. The van der Waals surface area contributed by atoms with Crippen LogP contribution in [0.1, 0.15) is 29.2 Å². The summed E-state index contributed by atoms with van der Waals surface area (Å²) in [6.45, 7) is 4.40. The minimum atomic E-state index is -0.0482. The van der Waals surface area contributed by atoms with E-state index in [1.165, 1.54) is 0 Å².